The first-order chi connectivity index (χ1) is 15.4. The number of ether oxygens (including phenoxy) is 2. The van der Waals surface area contributed by atoms with Gasteiger partial charge in [-0.1, -0.05) is 0 Å². The van der Waals surface area contributed by atoms with Crippen LogP contribution in [0.25, 0.3) is 21.3 Å². The molecular weight excluding hydrogens is 440 g/mol. The van der Waals surface area contributed by atoms with Crippen LogP contribution in [0.15, 0.2) is 29.2 Å². The number of esters is 1. The van der Waals surface area contributed by atoms with E-state index in [1.54, 1.807) is 16.7 Å². The number of pyridine rings is 1. The average molecular weight is 461 g/mol. The number of rotatable bonds is 5. The molecule has 5 rings (SSSR count). The smallest absolute Gasteiger partial charge is 0.387 e. The molecule has 168 valence electrons. The van der Waals surface area contributed by atoms with Gasteiger partial charge in [0.15, 0.2) is 5.75 Å². The fraction of sp³-hybridized carbons (Fsp3) is 0.391. The summed E-state index contributed by atoms with van der Waals surface area (Å²) < 4.78 is 38.5. The fourth-order valence-corrected chi connectivity index (χ4v) is 5.64. The summed E-state index contributed by atoms with van der Waals surface area (Å²) in [7, 11) is 1.19. The van der Waals surface area contributed by atoms with Gasteiger partial charge in [0.25, 0.3) is 0 Å². The monoisotopic (exact) mass is 461 g/mol. The predicted molar refractivity (Wildman–Crippen MR) is 116 cm³/mol. The van der Waals surface area contributed by atoms with Crippen LogP contribution in [0.2, 0.25) is 0 Å². The van der Waals surface area contributed by atoms with Crippen LogP contribution < -0.4 is 10.2 Å². The number of aromatic nitrogens is 1. The van der Waals surface area contributed by atoms with E-state index in [2.05, 4.69) is 0 Å². The van der Waals surface area contributed by atoms with Crippen molar-refractivity contribution in [1.82, 2.24) is 4.57 Å². The highest BCUT2D eigenvalue weighted by atomic mass is 32.1. The number of fused-ring (bicyclic) bond motifs is 2. The van der Waals surface area contributed by atoms with Gasteiger partial charge in [0.1, 0.15) is 5.56 Å². The molecule has 1 atom stereocenters. The van der Waals surface area contributed by atoms with Crippen LogP contribution in [-0.4, -0.2) is 29.4 Å². The minimum absolute atomic E-state index is 0.0184. The number of carbonyl (C=O) groups excluding carboxylic acids is 1. The van der Waals surface area contributed by atoms with E-state index in [0.717, 1.165) is 36.1 Å². The lowest BCUT2D eigenvalue weighted by Gasteiger charge is -2.18. The summed E-state index contributed by atoms with van der Waals surface area (Å²) in [5.74, 6) is -0.863. The van der Waals surface area contributed by atoms with Crippen LogP contribution in [0, 0.1) is 0 Å². The molecule has 1 saturated carbocycles. The van der Waals surface area contributed by atoms with Crippen LogP contribution in [0.4, 0.5) is 8.78 Å². The van der Waals surface area contributed by atoms with Crippen molar-refractivity contribution in [1.29, 1.82) is 0 Å². The zero-order chi connectivity index (χ0) is 22.6. The second kappa shape index (κ2) is 7.97. The van der Waals surface area contributed by atoms with Crippen LogP contribution >= 0.6 is 11.3 Å². The normalized spacial score (nSPS) is 18.1. The van der Waals surface area contributed by atoms with E-state index in [-0.39, 0.29) is 28.3 Å². The SMILES string of the molecule is COC(=O)c1cn(C2CC2)c2c(OC(F)F)c(-c3cc4c(s3)C(O)CCC4)ccc2c1=O. The fourth-order valence-electron chi connectivity index (χ4n) is 4.39. The largest absolute Gasteiger partial charge is 0.465 e. The van der Waals surface area contributed by atoms with Gasteiger partial charge in [-0.3, -0.25) is 4.79 Å². The number of hydrogen-bond donors (Lipinski definition) is 1. The number of benzene rings is 1. The number of aryl methyl sites for hydroxylation is 1. The third kappa shape index (κ3) is 3.49. The molecule has 2 aliphatic rings. The van der Waals surface area contributed by atoms with Crippen molar-refractivity contribution in [3.8, 4) is 16.2 Å². The number of aliphatic hydroxyl groups is 1. The Kier molecular flexibility index (Phi) is 5.25. The van der Waals surface area contributed by atoms with E-state index in [0.29, 0.717) is 16.9 Å². The Balaban J connectivity index is 1.79. The van der Waals surface area contributed by atoms with Crippen molar-refractivity contribution in [2.75, 3.05) is 7.11 Å². The van der Waals surface area contributed by atoms with E-state index in [9.17, 15) is 23.5 Å². The number of alkyl halides is 2. The van der Waals surface area contributed by atoms with Gasteiger partial charge in [0.2, 0.25) is 5.43 Å². The minimum Gasteiger partial charge on any atom is -0.465 e. The van der Waals surface area contributed by atoms with Gasteiger partial charge >= 0.3 is 12.6 Å². The van der Waals surface area contributed by atoms with Crippen molar-refractivity contribution in [3.63, 3.8) is 0 Å². The lowest BCUT2D eigenvalue weighted by atomic mass is 9.96. The Morgan fingerprint density at radius 2 is 2.06 bits per heavy atom. The van der Waals surface area contributed by atoms with Gasteiger partial charge in [0.05, 0.1) is 24.1 Å². The van der Waals surface area contributed by atoms with Gasteiger partial charge < -0.3 is 19.1 Å². The van der Waals surface area contributed by atoms with Crippen LogP contribution in [0.1, 0.15) is 58.6 Å². The van der Waals surface area contributed by atoms with Gasteiger partial charge in [-0.2, -0.15) is 8.78 Å². The van der Waals surface area contributed by atoms with E-state index in [1.807, 2.05) is 6.07 Å². The molecule has 6 nitrogen and oxygen atoms in total. The maximum Gasteiger partial charge on any atom is 0.387 e. The topological polar surface area (TPSA) is 77.8 Å². The number of hydrogen-bond acceptors (Lipinski definition) is 6. The molecule has 0 bridgehead atoms. The Hall–Kier alpha value is -2.78. The molecule has 1 fully saturated rings. The zero-order valence-electron chi connectivity index (χ0n) is 17.3. The highest BCUT2D eigenvalue weighted by Gasteiger charge is 2.31. The summed E-state index contributed by atoms with van der Waals surface area (Å²) in [5, 5.41) is 10.5. The summed E-state index contributed by atoms with van der Waals surface area (Å²) in [6, 6.07) is 5.01. The highest BCUT2D eigenvalue weighted by molar-refractivity contribution is 7.15. The molecular formula is C23H21F2NO5S. The highest BCUT2D eigenvalue weighted by Crippen LogP contribution is 2.47. The minimum atomic E-state index is -3.09. The van der Waals surface area contributed by atoms with Crippen molar-refractivity contribution >= 4 is 28.2 Å². The summed E-state index contributed by atoms with van der Waals surface area (Å²) >= 11 is 1.36. The summed E-state index contributed by atoms with van der Waals surface area (Å²) in [5.41, 5.74) is 0.957. The van der Waals surface area contributed by atoms with E-state index < -0.39 is 24.1 Å². The van der Waals surface area contributed by atoms with Gasteiger partial charge in [-0.15, -0.1) is 11.3 Å². The molecule has 0 spiro atoms. The molecule has 1 N–H and O–H groups in total. The number of aliphatic hydroxyl groups excluding tert-OH is 1. The van der Waals surface area contributed by atoms with Crippen LogP contribution in [-0.2, 0) is 11.2 Å². The summed E-state index contributed by atoms with van der Waals surface area (Å²) in [6.07, 6.45) is 4.77. The molecule has 1 aromatic carbocycles. The number of halogens is 2. The van der Waals surface area contributed by atoms with Gasteiger partial charge in [-0.25, -0.2) is 4.79 Å². The number of methoxy groups -OCH3 is 1. The van der Waals surface area contributed by atoms with Crippen molar-refractivity contribution in [3.05, 3.63) is 50.6 Å². The Morgan fingerprint density at radius 3 is 2.72 bits per heavy atom. The average Bonchev–Trinajstić information content (AvgIpc) is 3.52. The maximum atomic E-state index is 13.5. The lowest BCUT2D eigenvalue weighted by molar-refractivity contribution is -0.0486. The molecule has 0 aliphatic heterocycles. The number of nitrogens with zero attached hydrogens (tertiary/aromatic N) is 1. The maximum absolute atomic E-state index is 13.5. The van der Waals surface area contributed by atoms with Crippen molar-refractivity contribution in [2.24, 2.45) is 0 Å². The second-order valence-corrected chi connectivity index (χ2v) is 9.21. The standard InChI is InChI=1S/C23H21F2NO5S/c1-30-22(29)15-10-26(12-5-6-12)18-14(19(15)28)8-7-13(20(18)31-23(24)25)17-9-11-3-2-4-16(27)21(11)32-17/h7-10,12,16,23,27H,2-6H2,1H3. The lowest BCUT2D eigenvalue weighted by Crippen LogP contribution is -2.20. The first kappa shape index (κ1) is 21.1. The Bertz CT molecular complexity index is 1280. The van der Waals surface area contributed by atoms with Crippen LogP contribution in [0.5, 0.6) is 5.75 Å². The molecule has 0 saturated heterocycles. The molecule has 9 heteroatoms. The third-order valence-electron chi connectivity index (χ3n) is 6.03. The van der Waals surface area contributed by atoms with Crippen molar-refractivity contribution < 1.29 is 28.2 Å². The third-order valence-corrected chi connectivity index (χ3v) is 7.35. The van der Waals surface area contributed by atoms with Crippen molar-refractivity contribution in [2.45, 2.75) is 50.9 Å². The van der Waals surface area contributed by atoms with E-state index in [1.165, 1.54) is 24.6 Å². The Morgan fingerprint density at radius 1 is 1.28 bits per heavy atom. The molecule has 1 unspecified atom stereocenters. The van der Waals surface area contributed by atoms with Gasteiger partial charge in [0, 0.05) is 27.6 Å². The van der Waals surface area contributed by atoms with Crippen LogP contribution in [0.3, 0.4) is 0 Å². The predicted octanol–water partition coefficient (Wildman–Crippen LogP) is 4.82. The molecule has 2 aliphatic carbocycles. The van der Waals surface area contributed by atoms with E-state index in [4.69, 9.17) is 9.47 Å². The number of carbonyl (C=O) groups is 1. The summed E-state index contributed by atoms with van der Waals surface area (Å²) in [6.45, 7) is -3.09. The first-order valence-corrected chi connectivity index (χ1v) is 11.3. The molecule has 3 aromatic rings. The second-order valence-electron chi connectivity index (χ2n) is 8.13. The number of thiophene rings is 1. The quantitative estimate of drug-likeness (QED) is 0.551. The summed E-state index contributed by atoms with van der Waals surface area (Å²) in [4.78, 5) is 26.7. The first-order valence-electron chi connectivity index (χ1n) is 10.4. The Labute approximate surface area is 186 Å². The molecule has 2 aromatic heterocycles. The molecule has 32 heavy (non-hydrogen) atoms. The molecule has 2 heterocycles. The molecule has 0 amide bonds. The molecule has 0 radical (unpaired) electrons. The van der Waals surface area contributed by atoms with Gasteiger partial charge in [-0.05, 0) is 55.9 Å². The zero-order valence-corrected chi connectivity index (χ0v) is 18.1. The van der Waals surface area contributed by atoms with E-state index >= 15 is 0 Å².